The normalized spacial score (nSPS) is 25.1. The fraction of sp³-hybridized carbons (Fsp3) is 0.308. The summed E-state index contributed by atoms with van der Waals surface area (Å²) in [5.41, 5.74) is 10.3. The number of nitrogens with one attached hydrogen (secondary N) is 2. The third-order valence-electron chi connectivity index (χ3n) is 6.98. The number of urea groups is 1. The molecule has 4 atom stereocenters. The van der Waals surface area contributed by atoms with Crippen LogP contribution in [0.3, 0.4) is 0 Å². The van der Waals surface area contributed by atoms with Gasteiger partial charge in [0.15, 0.2) is 0 Å². The summed E-state index contributed by atoms with van der Waals surface area (Å²) in [6.07, 6.45) is 7.36. The zero-order valence-corrected chi connectivity index (χ0v) is 19.9. The third-order valence-corrected chi connectivity index (χ3v) is 8.27. The van der Waals surface area contributed by atoms with E-state index in [1.165, 1.54) is 11.8 Å². The van der Waals surface area contributed by atoms with E-state index in [9.17, 15) is 9.59 Å². The maximum atomic E-state index is 13.4. The highest BCUT2D eigenvalue weighted by Crippen LogP contribution is 2.50. The van der Waals surface area contributed by atoms with Crippen molar-refractivity contribution in [2.75, 3.05) is 4.90 Å². The minimum atomic E-state index is -0.490. The van der Waals surface area contributed by atoms with Crippen molar-refractivity contribution in [1.29, 1.82) is 0 Å². The molecule has 1 aliphatic carbocycles. The smallest absolute Gasteiger partial charge is 0.327 e. The van der Waals surface area contributed by atoms with Gasteiger partial charge in [-0.3, -0.25) is 14.7 Å². The Labute approximate surface area is 207 Å². The largest absolute Gasteiger partial charge is 0.351 e. The van der Waals surface area contributed by atoms with Crippen molar-refractivity contribution >= 4 is 35.1 Å². The van der Waals surface area contributed by atoms with E-state index in [1.54, 1.807) is 17.3 Å². The molecule has 2 unspecified atom stereocenters. The first kappa shape index (κ1) is 22.1. The second kappa shape index (κ2) is 8.98. The van der Waals surface area contributed by atoms with Crippen LogP contribution in [0.5, 0.6) is 0 Å². The molecule has 3 amide bonds. The van der Waals surface area contributed by atoms with Gasteiger partial charge >= 0.3 is 6.03 Å². The lowest BCUT2D eigenvalue weighted by Gasteiger charge is -2.35. The van der Waals surface area contributed by atoms with E-state index in [4.69, 9.17) is 5.73 Å². The highest BCUT2D eigenvalue weighted by atomic mass is 32.2. The number of rotatable bonds is 4. The Balaban J connectivity index is 1.31. The first-order valence-electron chi connectivity index (χ1n) is 11.9. The van der Waals surface area contributed by atoms with Gasteiger partial charge in [0.25, 0.3) is 0 Å². The van der Waals surface area contributed by atoms with Crippen LogP contribution < -0.4 is 21.3 Å². The zero-order valence-electron chi connectivity index (χ0n) is 19.1. The van der Waals surface area contributed by atoms with Crippen LogP contribution >= 0.6 is 11.8 Å². The Morgan fingerprint density at radius 3 is 2.71 bits per heavy atom. The van der Waals surface area contributed by atoms with Gasteiger partial charge in [0.2, 0.25) is 5.91 Å². The first-order valence-corrected chi connectivity index (χ1v) is 12.8. The van der Waals surface area contributed by atoms with Crippen LogP contribution in [0.2, 0.25) is 0 Å². The minimum absolute atomic E-state index is 0.0305. The summed E-state index contributed by atoms with van der Waals surface area (Å²) in [5.74, 6) is -0.102. The molecule has 0 radical (unpaired) electrons. The lowest BCUT2D eigenvalue weighted by atomic mass is 9.90. The second-order valence-corrected chi connectivity index (χ2v) is 10.3. The van der Waals surface area contributed by atoms with E-state index in [0.29, 0.717) is 5.69 Å². The van der Waals surface area contributed by atoms with Gasteiger partial charge in [-0.25, -0.2) is 9.78 Å². The number of hydrogen-bond donors (Lipinski definition) is 3. The predicted octanol–water partition coefficient (Wildman–Crippen LogP) is 3.91. The molecular formula is C26H26N6O2S. The van der Waals surface area contributed by atoms with Crippen LogP contribution in [-0.2, 0) is 4.79 Å². The molecule has 1 aromatic carbocycles. The van der Waals surface area contributed by atoms with Crippen molar-refractivity contribution in [3.63, 3.8) is 0 Å². The van der Waals surface area contributed by atoms with Crippen LogP contribution in [-0.4, -0.2) is 39.2 Å². The van der Waals surface area contributed by atoms with Gasteiger partial charge in [0, 0.05) is 35.6 Å². The summed E-state index contributed by atoms with van der Waals surface area (Å²) in [6.45, 7) is 0. The molecule has 4 N–H and O–H groups in total. The van der Waals surface area contributed by atoms with Crippen molar-refractivity contribution in [1.82, 2.24) is 20.6 Å². The van der Waals surface area contributed by atoms with Crippen molar-refractivity contribution in [2.24, 2.45) is 5.73 Å². The molecule has 1 saturated carbocycles. The van der Waals surface area contributed by atoms with Crippen LogP contribution in [0.15, 0.2) is 66.0 Å². The van der Waals surface area contributed by atoms with Crippen molar-refractivity contribution in [2.45, 2.75) is 54.1 Å². The highest BCUT2D eigenvalue weighted by molar-refractivity contribution is 8.01. The number of benzene rings is 1. The van der Waals surface area contributed by atoms with Gasteiger partial charge < -0.3 is 16.4 Å². The number of aromatic nitrogens is 2. The lowest BCUT2D eigenvalue weighted by Crippen LogP contribution is -2.54. The van der Waals surface area contributed by atoms with E-state index in [0.717, 1.165) is 53.2 Å². The van der Waals surface area contributed by atoms with Gasteiger partial charge in [-0.2, -0.15) is 0 Å². The molecular weight excluding hydrogens is 460 g/mol. The Morgan fingerprint density at radius 1 is 1.09 bits per heavy atom. The van der Waals surface area contributed by atoms with Gasteiger partial charge in [0.05, 0.1) is 23.1 Å². The summed E-state index contributed by atoms with van der Waals surface area (Å²) < 4.78 is 0. The van der Waals surface area contributed by atoms with Gasteiger partial charge in [0.1, 0.15) is 10.3 Å². The van der Waals surface area contributed by atoms with Crippen LogP contribution in [0.4, 0.5) is 16.2 Å². The number of carbonyl (C=O) groups is 2. The Bertz CT molecular complexity index is 1290. The molecule has 0 saturated heterocycles. The summed E-state index contributed by atoms with van der Waals surface area (Å²) in [5, 5.41) is 6.50. The van der Waals surface area contributed by atoms with Crippen LogP contribution in [0.25, 0.3) is 11.3 Å². The molecule has 0 bridgehead atoms. The number of nitrogens with zero attached hydrogens (tertiary/aromatic N) is 3. The third kappa shape index (κ3) is 3.94. The molecule has 8 nitrogen and oxygen atoms in total. The Kier molecular flexibility index (Phi) is 5.66. The van der Waals surface area contributed by atoms with Crippen molar-refractivity contribution < 1.29 is 9.59 Å². The summed E-state index contributed by atoms with van der Waals surface area (Å²) in [7, 11) is 0. The van der Waals surface area contributed by atoms with E-state index in [1.807, 2.05) is 48.5 Å². The van der Waals surface area contributed by atoms with Crippen molar-refractivity contribution in [3.8, 4) is 11.3 Å². The highest BCUT2D eigenvalue weighted by Gasteiger charge is 2.47. The maximum Gasteiger partial charge on any atom is 0.327 e. The number of anilines is 2. The molecule has 2 aliphatic heterocycles. The van der Waals surface area contributed by atoms with Gasteiger partial charge in [-0.1, -0.05) is 54.9 Å². The fourth-order valence-electron chi connectivity index (χ4n) is 5.21. The van der Waals surface area contributed by atoms with E-state index >= 15 is 0 Å². The fourth-order valence-corrected chi connectivity index (χ4v) is 6.45. The number of pyridine rings is 2. The predicted molar refractivity (Wildman–Crippen MR) is 135 cm³/mol. The molecule has 0 spiro atoms. The standard InChI is InChI=1S/C26H26N6O2S/c27-17-8-4-5-9-18(17)30-24(33)23-22-21-20(11-13-29-25(21)35-23)32(26(34)31-22)16-10-12-28-19(14-16)15-6-2-1-3-7-15/h1-3,6-7,10-14,17-18,22-23H,4-5,8-9,27H2,(H,30,33)(H,31,34)/t17-,18+,22?,23?/m0/s1. The van der Waals surface area contributed by atoms with Gasteiger partial charge in [-0.15, -0.1) is 0 Å². The average Bonchev–Trinajstić information content (AvgIpc) is 3.26. The molecule has 9 heteroatoms. The van der Waals surface area contributed by atoms with E-state index in [-0.39, 0.29) is 24.0 Å². The summed E-state index contributed by atoms with van der Waals surface area (Å²) >= 11 is 1.40. The van der Waals surface area contributed by atoms with Crippen molar-refractivity contribution in [3.05, 3.63) is 66.5 Å². The Hall–Kier alpha value is -3.43. The topological polar surface area (TPSA) is 113 Å². The molecule has 178 valence electrons. The molecule has 35 heavy (non-hydrogen) atoms. The second-order valence-electron chi connectivity index (χ2n) is 9.18. The molecule has 1 fully saturated rings. The SMILES string of the molecule is N[C@H]1CCCC[C@H]1NC(=O)C1Sc2nccc3c2C1NC(=O)N3c1ccnc(-c2ccccc2)c1. The molecule has 3 aliphatic rings. The Morgan fingerprint density at radius 2 is 1.89 bits per heavy atom. The van der Waals surface area contributed by atoms with Crippen LogP contribution in [0, 0.1) is 0 Å². The first-order chi connectivity index (χ1) is 17.1. The van der Waals surface area contributed by atoms with Gasteiger partial charge in [-0.05, 0) is 31.0 Å². The quantitative estimate of drug-likeness (QED) is 0.515. The number of carbonyl (C=O) groups excluding carboxylic acids is 2. The molecule has 4 heterocycles. The number of thioether (sulfide) groups is 1. The summed E-state index contributed by atoms with van der Waals surface area (Å²) in [4.78, 5) is 37.4. The average molecular weight is 487 g/mol. The summed E-state index contributed by atoms with van der Waals surface area (Å²) in [6, 6.07) is 14.6. The van der Waals surface area contributed by atoms with E-state index in [2.05, 4.69) is 20.6 Å². The number of nitrogens with two attached hydrogens (primary N) is 1. The molecule has 2 aromatic heterocycles. The molecule has 3 aromatic rings. The monoisotopic (exact) mass is 486 g/mol. The zero-order chi connectivity index (χ0) is 23.9. The lowest BCUT2D eigenvalue weighted by molar-refractivity contribution is -0.122. The number of hydrogen-bond acceptors (Lipinski definition) is 6. The van der Waals surface area contributed by atoms with Crippen LogP contribution in [0.1, 0.15) is 37.3 Å². The number of amides is 3. The van der Waals surface area contributed by atoms with E-state index < -0.39 is 11.3 Å². The minimum Gasteiger partial charge on any atom is -0.351 e. The molecule has 6 rings (SSSR count). The maximum absolute atomic E-state index is 13.4.